The number of rotatable bonds is 1. The van der Waals surface area contributed by atoms with Gasteiger partial charge in [0.25, 0.3) is 0 Å². The van der Waals surface area contributed by atoms with Crippen molar-refractivity contribution in [3.05, 3.63) is 0 Å². The minimum absolute atomic E-state index is 0. The SMILES string of the molecule is CC(C)(C)CC[SiH3].[H-].[Na+]. The van der Waals surface area contributed by atoms with Gasteiger partial charge in [0.15, 0.2) is 0 Å². The zero-order valence-corrected chi connectivity index (χ0v) is 10.9. The summed E-state index contributed by atoms with van der Waals surface area (Å²) in [5.74, 6) is 0. The Kier molecular flexibility index (Phi) is 7.52. The molecule has 0 amide bonds. The number of hydrogen-bond acceptors (Lipinski definition) is 0. The summed E-state index contributed by atoms with van der Waals surface area (Å²) in [6.45, 7) is 6.89. The maximum absolute atomic E-state index is 2.30. The van der Waals surface area contributed by atoms with Gasteiger partial charge in [-0.05, 0) is 5.41 Å². The van der Waals surface area contributed by atoms with Crippen molar-refractivity contribution in [3.8, 4) is 0 Å². The van der Waals surface area contributed by atoms with Gasteiger partial charge in [0.1, 0.15) is 0 Å². The molecule has 0 unspecified atom stereocenters. The van der Waals surface area contributed by atoms with Crippen molar-refractivity contribution in [2.24, 2.45) is 5.41 Å². The van der Waals surface area contributed by atoms with E-state index in [1.54, 1.807) is 0 Å². The fourth-order valence-electron chi connectivity index (χ4n) is 0.750. The second kappa shape index (κ2) is 5.04. The van der Waals surface area contributed by atoms with Crippen LogP contribution in [0.4, 0.5) is 0 Å². The molecule has 0 atom stereocenters. The van der Waals surface area contributed by atoms with E-state index < -0.39 is 0 Å². The smallest absolute Gasteiger partial charge is 1.00 e. The van der Waals surface area contributed by atoms with Crippen LogP contribution in [0.2, 0.25) is 6.04 Å². The molecule has 46 valence electrons. The van der Waals surface area contributed by atoms with Crippen LogP contribution < -0.4 is 29.6 Å². The minimum atomic E-state index is 0. The molecule has 0 spiro atoms. The maximum Gasteiger partial charge on any atom is 1.00 e. The van der Waals surface area contributed by atoms with Crippen LogP contribution in [-0.2, 0) is 0 Å². The molecule has 0 radical (unpaired) electrons. The molecule has 0 aliphatic rings. The van der Waals surface area contributed by atoms with E-state index in [0.717, 1.165) is 0 Å². The van der Waals surface area contributed by atoms with E-state index in [-0.39, 0.29) is 31.0 Å². The van der Waals surface area contributed by atoms with Crippen molar-refractivity contribution >= 4 is 10.2 Å². The summed E-state index contributed by atoms with van der Waals surface area (Å²) in [5, 5.41) is 0. The zero-order chi connectivity index (χ0) is 5.91. The van der Waals surface area contributed by atoms with E-state index in [9.17, 15) is 0 Å². The van der Waals surface area contributed by atoms with Crippen molar-refractivity contribution < 1.29 is 31.0 Å². The Morgan fingerprint density at radius 3 is 1.75 bits per heavy atom. The Hall–Kier alpha value is 1.22. The summed E-state index contributed by atoms with van der Waals surface area (Å²) < 4.78 is 0. The van der Waals surface area contributed by atoms with Crippen LogP contribution in [0.25, 0.3) is 0 Å². The Morgan fingerprint density at radius 1 is 1.38 bits per heavy atom. The molecule has 0 fully saturated rings. The summed E-state index contributed by atoms with van der Waals surface area (Å²) >= 11 is 0. The summed E-state index contributed by atoms with van der Waals surface area (Å²) in [4.78, 5) is 0. The second-order valence-electron chi connectivity index (χ2n) is 3.31. The van der Waals surface area contributed by atoms with Crippen LogP contribution in [0.15, 0.2) is 0 Å². The first-order chi connectivity index (χ1) is 3.06. The third-order valence-corrected chi connectivity index (χ3v) is 1.50. The molecule has 0 aliphatic heterocycles. The molecule has 0 nitrogen and oxygen atoms in total. The van der Waals surface area contributed by atoms with Gasteiger partial charge < -0.3 is 1.43 Å². The fourth-order valence-corrected chi connectivity index (χ4v) is 2.25. The number of hydrogen-bond donors (Lipinski definition) is 0. The molecular formula is C6H17NaSi. The summed E-state index contributed by atoms with van der Waals surface area (Å²) in [6.07, 6.45) is 1.40. The molecule has 2 heteroatoms. The van der Waals surface area contributed by atoms with Gasteiger partial charge in [-0.2, -0.15) is 0 Å². The normalized spacial score (nSPS) is 10.9. The maximum atomic E-state index is 2.30. The zero-order valence-electron chi connectivity index (χ0n) is 7.91. The van der Waals surface area contributed by atoms with Crippen LogP contribution in [0.3, 0.4) is 0 Å². The third-order valence-electron chi connectivity index (χ3n) is 1.000. The van der Waals surface area contributed by atoms with E-state index in [0.29, 0.717) is 5.41 Å². The van der Waals surface area contributed by atoms with Gasteiger partial charge >= 0.3 is 29.6 Å². The molecule has 0 saturated heterocycles. The molecule has 0 aliphatic carbocycles. The Morgan fingerprint density at radius 2 is 1.75 bits per heavy atom. The molecule has 0 aromatic heterocycles. The average molecular weight is 140 g/mol. The first-order valence-corrected chi connectivity index (χ1v) is 4.47. The molecular weight excluding hydrogens is 123 g/mol. The van der Waals surface area contributed by atoms with Gasteiger partial charge in [0.2, 0.25) is 0 Å². The summed E-state index contributed by atoms with van der Waals surface area (Å²) in [6, 6.07) is 1.45. The average Bonchev–Trinajstić information content (AvgIpc) is 1.30. The van der Waals surface area contributed by atoms with Gasteiger partial charge in [-0.15, -0.1) is 0 Å². The molecule has 0 aromatic rings. The van der Waals surface area contributed by atoms with Crippen molar-refractivity contribution in [2.75, 3.05) is 0 Å². The molecule has 0 bridgehead atoms. The summed E-state index contributed by atoms with van der Waals surface area (Å²) in [5.41, 5.74) is 0.585. The van der Waals surface area contributed by atoms with E-state index in [1.807, 2.05) is 0 Å². The van der Waals surface area contributed by atoms with Crippen LogP contribution in [0, 0.1) is 5.41 Å². The monoisotopic (exact) mass is 140 g/mol. The molecule has 0 N–H and O–H groups in total. The first-order valence-electron chi connectivity index (χ1n) is 3.06. The molecule has 0 rings (SSSR count). The quantitative estimate of drug-likeness (QED) is 0.382. The van der Waals surface area contributed by atoms with E-state index in [2.05, 4.69) is 20.8 Å². The predicted molar refractivity (Wildman–Crippen MR) is 39.9 cm³/mol. The first kappa shape index (κ1) is 11.9. The molecule has 0 aromatic carbocycles. The Balaban J connectivity index is -0.000000180. The minimum Gasteiger partial charge on any atom is -1.00 e. The molecule has 0 saturated carbocycles. The van der Waals surface area contributed by atoms with Gasteiger partial charge in [0.05, 0.1) is 0 Å². The predicted octanol–water partition coefficient (Wildman–Crippen LogP) is -1.68. The molecule has 0 heterocycles. The topological polar surface area (TPSA) is 0 Å². The van der Waals surface area contributed by atoms with Crippen molar-refractivity contribution in [1.29, 1.82) is 0 Å². The fraction of sp³-hybridized carbons (Fsp3) is 1.00. The standard InChI is InChI=1S/C6H16Si.Na.H/c1-6(2,3)4-5-7;;/h4-5H2,1-3,7H3;;/q;+1;-1. The van der Waals surface area contributed by atoms with Crippen LogP contribution >= 0.6 is 0 Å². The van der Waals surface area contributed by atoms with Gasteiger partial charge in [-0.25, -0.2) is 0 Å². The van der Waals surface area contributed by atoms with Gasteiger partial charge in [-0.1, -0.05) is 33.2 Å². The van der Waals surface area contributed by atoms with Crippen LogP contribution in [0.5, 0.6) is 0 Å². The largest absolute Gasteiger partial charge is 1.00 e. The van der Waals surface area contributed by atoms with Crippen molar-refractivity contribution in [1.82, 2.24) is 0 Å². The second-order valence-corrected chi connectivity index (χ2v) is 4.31. The summed E-state index contributed by atoms with van der Waals surface area (Å²) in [7, 11) is 1.37. The van der Waals surface area contributed by atoms with Crippen molar-refractivity contribution in [2.45, 2.75) is 33.2 Å². The van der Waals surface area contributed by atoms with Crippen molar-refractivity contribution in [3.63, 3.8) is 0 Å². The van der Waals surface area contributed by atoms with E-state index >= 15 is 0 Å². The van der Waals surface area contributed by atoms with Crippen LogP contribution in [0.1, 0.15) is 28.6 Å². The van der Waals surface area contributed by atoms with Gasteiger partial charge in [0, 0.05) is 10.2 Å². The van der Waals surface area contributed by atoms with Crippen LogP contribution in [-0.4, -0.2) is 10.2 Å². The third kappa shape index (κ3) is 10.2. The van der Waals surface area contributed by atoms with E-state index in [1.165, 1.54) is 22.7 Å². The Bertz CT molecular complexity index is 51.5. The Labute approximate surface area is 79.6 Å². The van der Waals surface area contributed by atoms with E-state index in [4.69, 9.17) is 0 Å². The molecule has 8 heavy (non-hydrogen) atoms. The van der Waals surface area contributed by atoms with Gasteiger partial charge in [-0.3, -0.25) is 0 Å².